The van der Waals surface area contributed by atoms with Crippen molar-refractivity contribution in [1.82, 2.24) is 10.2 Å². The second-order valence-corrected chi connectivity index (χ2v) is 8.62. The quantitative estimate of drug-likeness (QED) is 0.487. The number of nitrogens with zero attached hydrogens (tertiary/aromatic N) is 1. The normalized spacial score (nSPS) is 11.7. The van der Waals surface area contributed by atoms with E-state index in [1.54, 1.807) is 31.2 Å². The highest BCUT2D eigenvalue weighted by Gasteiger charge is 2.27. The van der Waals surface area contributed by atoms with Gasteiger partial charge < -0.3 is 15.0 Å². The first-order valence-corrected chi connectivity index (χ1v) is 11.2. The summed E-state index contributed by atoms with van der Waals surface area (Å²) in [6, 6.07) is 9.86. The van der Waals surface area contributed by atoms with E-state index in [-0.39, 0.29) is 25.0 Å². The van der Waals surface area contributed by atoms with Crippen molar-refractivity contribution in [3.63, 3.8) is 0 Å². The van der Waals surface area contributed by atoms with Gasteiger partial charge in [0.2, 0.25) is 5.91 Å². The summed E-state index contributed by atoms with van der Waals surface area (Å²) in [6.45, 7) is 6.11. The molecule has 0 fully saturated rings. The van der Waals surface area contributed by atoms with Gasteiger partial charge in [-0.1, -0.05) is 52.1 Å². The molecule has 1 N–H and O–H groups in total. The van der Waals surface area contributed by atoms with Gasteiger partial charge in [0.05, 0.1) is 0 Å². The maximum Gasteiger partial charge on any atom is 0.261 e. The fraction of sp³-hybridized carbons (Fsp3) is 0.364. The van der Waals surface area contributed by atoms with Crippen LogP contribution in [-0.2, 0) is 16.1 Å². The van der Waals surface area contributed by atoms with Crippen molar-refractivity contribution in [1.29, 1.82) is 0 Å². The molecule has 1 atom stereocenters. The van der Waals surface area contributed by atoms with Gasteiger partial charge in [-0.15, -0.1) is 0 Å². The lowest BCUT2D eigenvalue weighted by molar-refractivity contribution is -0.142. The Labute approximate surface area is 195 Å². The number of carbonyl (C=O) groups is 2. The molecule has 5 nitrogen and oxygen atoms in total. The van der Waals surface area contributed by atoms with Gasteiger partial charge in [-0.05, 0) is 61.7 Å². The van der Waals surface area contributed by atoms with Crippen molar-refractivity contribution in [2.75, 3.05) is 13.2 Å². The van der Waals surface area contributed by atoms with E-state index in [0.29, 0.717) is 27.9 Å². The summed E-state index contributed by atoms with van der Waals surface area (Å²) < 4.78 is 6.64. The van der Waals surface area contributed by atoms with Gasteiger partial charge in [0.1, 0.15) is 11.8 Å². The number of hydrogen-bond donors (Lipinski definition) is 1. The lowest BCUT2D eigenvalue weighted by Crippen LogP contribution is -2.49. The molecule has 2 amide bonds. The molecule has 2 aromatic carbocycles. The zero-order chi connectivity index (χ0) is 22.3. The highest BCUT2D eigenvalue weighted by molar-refractivity contribution is 9.10. The van der Waals surface area contributed by atoms with Gasteiger partial charge in [-0.2, -0.15) is 0 Å². The lowest BCUT2D eigenvalue weighted by atomic mass is 10.1. The number of amides is 2. The fourth-order valence-electron chi connectivity index (χ4n) is 2.75. The number of halogens is 3. The molecular formula is C22H25BrCl2N2O3. The first-order valence-electron chi connectivity index (χ1n) is 9.63. The van der Waals surface area contributed by atoms with E-state index >= 15 is 0 Å². The van der Waals surface area contributed by atoms with Crippen LogP contribution in [0.15, 0.2) is 40.9 Å². The number of hydrogen-bond acceptors (Lipinski definition) is 3. The van der Waals surface area contributed by atoms with Gasteiger partial charge in [-0.3, -0.25) is 9.59 Å². The van der Waals surface area contributed by atoms with Crippen molar-refractivity contribution >= 4 is 50.9 Å². The van der Waals surface area contributed by atoms with Crippen molar-refractivity contribution in [2.24, 2.45) is 0 Å². The average molecular weight is 516 g/mol. The molecule has 0 aliphatic heterocycles. The Balaban J connectivity index is 2.18. The van der Waals surface area contributed by atoms with Crippen LogP contribution in [0, 0.1) is 6.92 Å². The fourth-order valence-corrected chi connectivity index (χ4v) is 3.46. The van der Waals surface area contributed by atoms with Crippen LogP contribution in [-0.4, -0.2) is 35.9 Å². The van der Waals surface area contributed by atoms with Crippen molar-refractivity contribution in [3.8, 4) is 5.75 Å². The van der Waals surface area contributed by atoms with Crippen LogP contribution >= 0.6 is 39.1 Å². The van der Waals surface area contributed by atoms with Crippen LogP contribution in [0.25, 0.3) is 0 Å². The first kappa shape index (κ1) is 24.5. The minimum absolute atomic E-state index is 0.165. The molecule has 0 spiro atoms. The van der Waals surface area contributed by atoms with Crippen LogP contribution in [0.1, 0.15) is 31.4 Å². The molecule has 0 saturated carbocycles. The first-order chi connectivity index (χ1) is 14.2. The van der Waals surface area contributed by atoms with Crippen molar-refractivity contribution < 1.29 is 14.3 Å². The molecule has 8 heteroatoms. The molecule has 0 heterocycles. The number of benzene rings is 2. The summed E-state index contributed by atoms with van der Waals surface area (Å²) in [5, 5.41) is 3.77. The molecule has 0 aromatic heterocycles. The van der Waals surface area contributed by atoms with Crippen LogP contribution in [0.3, 0.4) is 0 Å². The SMILES string of the molecule is CCCNC(=O)[C@H](C)N(Cc1ccc(Cl)cc1Cl)C(=O)COc1ccc(Br)c(C)c1. The number of rotatable bonds is 9. The highest BCUT2D eigenvalue weighted by atomic mass is 79.9. The molecule has 162 valence electrons. The number of ether oxygens (including phenoxy) is 1. The summed E-state index contributed by atoms with van der Waals surface area (Å²) in [5.74, 6) is 0.0344. The molecular weight excluding hydrogens is 491 g/mol. The molecule has 0 unspecified atom stereocenters. The molecule has 0 saturated heterocycles. The zero-order valence-electron chi connectivity index (χ0n) is 17.2. The number of aryl methyl sites for hydroxylation is 1. The van der Waals surface area contributed by atoms with Gasteiger partial charge in [0.15, 0.2) is 6.61 Å². The van der Waals surface area contributed by atoms with Crippen molar-refractivity contribution in [3.05, 3.63) is 62.0 Å². The Kier molecular flexibility index (Phi) is 9.46. The maximum absolute atomic E-state index is 13.0. The molecule has 0 aliphatic carbocycles. The lowest BCUT2D eigenvalue weighted by Gasteiger charge is -2.29. The van der Waals surface area contributed by atoms with E-state index in [2.05, 4.69) is 21.2 Å². The highest BCUT2D eigenvalue weighted by Crippen LogP contribution is 2.24. The van der Waals surface area contributed by atoms with Crippen LogP contribution in [0.5, 0.6) is 5.75 Å². The third kappa shape index (κ3) is 6.89. The molecule has 0 radical (unpaired) electrons. The van der Waals surface area contributed by atoms with E-state index in [0.717, 1.165) is 16.5 Å². The van der Waals surface area contributed by atoms with Crippen LogP contribution in [0.2, 0.25) is 10.0 Å². The molecule has 2 aromatic rings. The second-order valence-electron chi connectivity index (χ2n) is 6.92. The predicted octanol–water partition coefficient (Wildman–Crippen LogP) is 5.39. The Bertz CT molecular complexity index is 908. The Morgan fingerprint density at radius 1 is 1.20 bits per heavy atom. The standard InChI is InChI=1S/C22H25BrCl2N2O3/c1-4-9-26-22(29)15(3)27(12-16-5-6-17(24)11-20(16)25)21(28)13-30-18-7-8-19(23)14(2)10-18/h5-8,10-11,15H,4,9,12-13H2,1-3H3,(H,26,29)/t15-/m0/s1. The second kappa shape index (κ2) is 11.6. The summed E-state index contributed by atoms with van der Waals surface area (Å²) in [4.78, 5) is 27.0. The smallest absolute Gasteiger partial charge is 0.261 e. The summed E-state index contributed by atoms with van der Waals surface area (Å²) in [5.41, 5.74) is 1.70. The Hall–Kier alpha value is -1.76. The topological polar surface area (TPSA) is 58.6 Å². The molecule has 0 aliphatic rings. The van der Waals surface area contributed by atoms with E-state index in [1.165, 1.54) is 4.90 Å². The maximum atomic E-state index is 13.0. The van der Waals surface area contributed by atoms with Gasteiger partial charge in [-0.25, -0.2) is 0 Å². The predicted molar refractivity (Wildman–Crippen MR) is 124 cm³/mol. The minimum Gasteiger partial charge on any atom is -0.484 e. The summed E-state index contributed by atoms with van der Waals surface area (Å²) in [6.07, 6.45) is 0.807. The van der Waals surface area contributed by atoms with E-state index in [1.807, 2.05) is 26.0 Å². The number of carbonyl (C=O) groups excluding carboxylic acids is 2. The molecule has 0 bridgehead atoms. The molecule has 2 rings (SSSR count). The third-order valence-corrected chi connectivity index (χ3v) is 6.04. The Morgan fingerprint density at radius 3 is 2.57 bits per heavy atom. The zero-order valence-corrected chi connectivity index (χ0v) is 20.3. The van der Waals surface area contributed by atoms with Crippen molar-refractivity contribution in [2.45, 2.75) is 39.8 Å². The monoisotopic (exact) mass is 514 g/mol. The van der Waals surface area contributed by atoms with Crippen LogP contribution < -0.4 is 10.1 Å². The van der Waals surface area contributed by atoms with Gasteiger partial charge >= 0.3 is 0 Å². The van der Waals surface area contributed by atoms with E-state index in [9.17, 15) is 9.59 Å². The summed E-state index contributed by atoms with van der Waals surface area (Å²) >= 11 is 15.7. The van der Waals surface area contributed by atoms with E-state index in [4.69, 9.17) is 27.9 Å². The molecule has 30 heavy (non-hydrogen) atoms. The van der Waals surface area contributed by atoms with Crippen LogP contribution in [0.4, 0.5) is 0 Å². The van der Waals surface area contributed by atoms with Gasteiger partial charge in [0, 0.05) is 27.6 Å². The minimum atomic E-state index is -0.689. The number of nitrogens with one attached hydrogen (secondary N) is 1. The average Bonchev–Trinajstić information content (AvgIpc) is 2.71. The van der Waals surface area contributed by atoms with Gasteiger partial charge in [0.25, 0.3) is 5.91 Å². The third-order valence-electron chi connectivity index (χ3n) is 4.56. The Morgan fingerprint density at radius 2 is 1.93 bits per heavy atom. The summed E-state index contributed by atoms with van der Waals surface area (Å²) in [7, 11) is 0. The largest absolute Gasteiger partial charge is 0.484 e. The van der Waals surface area contributed by atoms with E-state index < -0.39 is 6.04 Å².